The van der Waals surface area contributed by atoms with E-state index < -0.39 is 0 Å². The molecule has 0 unspecified atom stereocenters. The Labute approximate surface area is 270 Å². The Balaban J connectivity index is 1.67. The van der Waals surface area contributed by atoms with Crippen LogP contribution in [-0.4, -0.2) is 51.1 Å². The molecule has 4 aromatic rings. The van der Waals surface area contributed by atoms with Crippen molar-refractivity contribution in [3.63, 3.8) is 0 Å². The molecule has 0 bridgehead atoms. The summed E-state index contributed by atoms with van der Waals surface area (Å²) in [7, 11) is 0. The minimum Gasteiger partial charge on any atom is -0.354 e. The fourth-order valence-corrected chi connectivity index (χ4v) is 7.56. The second kappa shape index (κ2) is 16.4. The number of nitrogens with zero attached hydrogens (tertiary/aromatic N) is 4. The molecule has 232 valence electrons. The first-order chi connectivity index (χ1) is 21.7. The first-order valence-electron chi connectivity index (χ1n) is 15.9. The Kier molecular flexibility index (Phi) is 12.1. The van der Waals surface area contributed by atoms with Gasteiger partial charge < -0.3 is 16.8 Å². The lowest BCUT2D eigenvalue weighted by atomic mass is 9.50. The lowest BCUT2D eigenvalue weighted by molar-refractivity contribution is 0.219. The van der Waals surface area contributed by atoms with Crippen LogP contribution in [0.25, 0.3) is 0 Å². The summed E-state index contributed by atoms with van der Waals surface area (Å²) in [6.07, 6.45) is 4.06. The lowest BCUT2D eigenvalue weighted by Crippen LogP contribution is -2.41. The molecule has 5 N–H and O–H groups in total. The average Bonchev–Trinajstić information content (AvgIpc) is 3.05. The molecule has 0 saturated heterocycles. The van der Waals surface area contributed by atoms with Crippen LogP contribution in [0.5, 0.6) is 0 Å². The standard InChI is InChI=1S/C35H45N7S2/c1-3-5-16-28-39-26(22-29(41-28)43-20-17-36)33-31(24-12-8-6-9-13-24)34(32(33)25-14-10-7-11-15-25)27-23-30(44-21-18-37)42-35(40-27)38-19-4-2/h6-15,22-23,31-34H,3-5,16-21,36-37H2,1-2H3,(H,38,40,42)/t31-,32-,33?,34?/m1/s1. The Hall–Kier alpha value is -2.98. The summed E-state index contributed by atoms with van der Waals surface area (Å²) in [6, 6.07) is 26.2. The van der Waals surface area contributed by atoms with E-state index in [2.05, 4.69) is 92.0 Å². The number of nitrogens with one attached hydrogen (secondary N) is 1. The maximum Gasteiger partial charge on any atom is 0.223 e. The number of rotatable bonds is 16. The highest BCUT2D eigenvalue weighted by molar-refractivity contribution is 7.99. The summed E-state index contributed by atoms with van der Waals surface area (Å²) in [5.41, 5.74) is 16.6. The number of hydrogen-bond acceptors (Lipinski definition) is 9. The van der Waals surface area contributed by atoms with Crippen molar-refractivity contribution in [1.29, 1.82) is 0 Å². The first-order valence-corrected chi connectivity index (χ1v) is 17.9. The van der Waals surface area contributed by atoms with Crippen LogP contribution in [0.1, 0.15) is 85.1 Å². The van der Waals surface area contributed by atoms with Crippen molar-refractivity contribution >= 4 is 29.5 Å². The fourth-order valence-electron chi connectivity index (χ4n) is 6.18. The molecule has 9 heteroatoms. The Morgan fingerprint density at radius 2 is 1.20 bits per heavy atom. The number of anilines is 1. The molecular formula is C35H45N7S2. The van der Waals surface area contributed by atoms with Crippen molar-refractivity contribution in [3.8, 4) is 0 Å². The van der Waals surface area contributed by atoms with Crippen molar-refractivity contribution in [2.24, 2.45) is 11.5 Å². The van der Waals surface area contributed by atoms with E-state index in [1.807, 2.05) is 0 Å². The highest BCUT2D eigenvalue weighted by Gasteiger charge is 2.54. The summed E-state index contributed by atoms with van der Waals surface area (Å²) in [6.45, 7) is 6.42. The van der Waals surface area contributed by atoms with E-state index in [1.54, 1.807) is 23.5 Å². The van der Waals surface area contributed by atoms with Crippen molar-refractivity contribution in [3.05, 3.63) is 101 Å². The lowest BCUT2D eigenvalue weighted by Gasteiger charge is -2.52. The van der Waals surface area contributed by atoms with Gasteiger partial charge in [-0.2, -0.15) is 0 Å². The van der Waals surface area contributed by atoms with Gasteiger partial charge in [-0.25, -0.2) is 19.9 Å². The molecule has 1 aliphatic rings. The van der Waals surface area contributed by atoms with Gasteiger partial charge in [-0.3, -0.25) is 0 Å². The van der Waals surface area contributed by atoms with E-state index in [9.17, 15) is 0 Å². The van der Waals surface area contributed by atoms with Gasteiger partial charge in [0.1, 0.15) is 15.9 Å². The van der Waals surface area contributed by atoms with Crippen LogP contribution in [0.2, 0.25) is 0 Å². The third kappa shape index (κ3) is 7.80. The van der Waals surface area contributed by atoms with E-state index in [0.717, 1.165) is 71.0 Å². The van der Waals surface area contributed by atoms with E-state index in [-0.39, 0.29) is 23.7 Å². The minimum absolute atomic E-state index is 0.140. The van der Waals surface area contributed by atoms with Crippen LogP contribution >= 0.6 is 23.5 Å². The SMILES string of the molecule is CCCCc1nc(SCCN)cc(C2[C@@H](c3ccccc3)C(c3cc(SCCN)nc(NCCC)n3)[C@@H]2c2ccccc2)n1. The molecule has 2 aromatic carbocycles. The quantitative estimate of drug-likeness (QED) is 0.0894. The van der Waals surface area contributed by atoms with E-state index in [1.165, 1.54) is 11.1 Å². The van der Waals surface area contributed by atoms with Crippen LogP contribution in [0.3, 0.4) is 0 Å². The molecular weight excluding hydrogens is 583 g/mol. The zero-order valence-electron chi connectivity index (χ0n) is 25.9. The predicted octanol–water partition coefficient (Wildman–Crippen LogP) is 6.98. The molecule has 0 spiro atoms. The van der Waals surface area contributed by atoms with E-state index >= 15 is 0 Å². The van der Waals surface area contributed by atoms with E-state index in [4.69, 9.17) is 31.4 Å². The molecule has 1 aliphatic carbocycles. The summed E-state index contributed by atoms with van der Waals surface area (Å²) in [5, 5.41) is 5.44. The van der Waals surface area contributed by atoms with Gasteiger partial charge in [-0.05, 0) is 36.1 Å². The fraction of sp³-hybridized carbons (Fsp3) is 0.429. The third-order valence-corrected chi connectivity index (χ3v) is 10.0. The molecule has 0 amide bonds. The summed E-state index contributed by atoms with van der Waals surface area (Å²) < 4.78 is 0. The molecule has 2 atom stereocenters. The average molecular weight is 628 g/mol. The summed E-state index contributed by atoms with van der Waals surface area (Å²) in [4.78, 5) is 20.3. The van der Waals surface area contributed by atoms with Gasteiger partial charge in [0.25, 0.3) is 0 Å². The van der Waals surface area contributed by atoms with Gasteiger partial charge in [0, 0.05) is 66.9 Å². The number of nitrogens with two attached hydrogens (primary N) is 2. The Bertz CT molecular complexity index is 1280. The van der Waals surface area contributed by atoms with Crippen LogP contribution < -0.4 is 16.8 Å². The zero-order valence-corrected chi connectivity index (χ0v) is 27.5. The molecule has 0 aliphatic heterocycles. The largest absolute Gasteiger partial charge is 0.354 e. The number of benzene rings is 2. The highest BCUT2D eigenvalue weighted by Crippen LogP contribution is 2.66. The van der Waals surface area contributed by atoms with Gasteiger partial charge in [-0.15, -0.1) is 23.5 Å². The highest BCUT2D eigenvalue weighted by atomic mass is 32.2. The van der Waals surface area contributed by atoms with E-state index in [0.29, 0.717) is 19.0 Å². The number of hydrogen-bond donors (Lipinski definition) is 3. The number of aromatic nitrogens is 4. The normalized spacial score (nSPS) is 19.5. The van der Waals surface area contributed by atoms with Crippen molar-refractivity contribution < 1.29 is 0 Å². The van der Waals surface area contributed by atoms with Gasteiger partial charge in [0.2, 0.25) is 5.95 Å². The first kappa shape index (κ1) is 32.4. The molecule has 5 rings (SSSR count). The van der Waals surface area contributed by atoms with Crippen LogP contribution in [-0.2, 0) is 6.42 Å². The van der Waals surface area contributed by atoms with Gasteiger partial charge in [0.15, 0.2) is 0 Å². The molecule has 44 heavy (non-hydrogen) atoms. The number of unbranched alkanes of at least 4 members (excludes halogenated alkanes) is 1. The molecule has 1 fully saturated rings. The second-order valence-electron chi connectivity index (χ2n) is 11.2. The maximum absolute atomic E-state index is 5.90. The molecule has 0 radical (unpaired) electrons. The van der Waals surface area contributed by atoms with Crippen molar-refractivity contribution in [2.75, 3.05) is 36.5 Å². The van der Waals surface area contributed by atoms with Crippen LogP contribution in [0.15, 0.2) is 82.8 Å². The monoisotopic (exact) mass is 627 g/mol. The molecule has 2 aromatic heterocycles. The smallest absolute Gasteiger partial charge is 0.223 e. The summed E-state index contributed by atoms with van der Waals surface area (Å²) >= 11 is 3.42. The minimum atomic E-state index is 0.140. The zero-order chi connectivity index (χ0) is 30.7. The van der Waals surface area contributed by atoms with Gasteiger partial charge in [0.05, 0.1) is 5.69 Å². The molecule has 2 heterocycles. The second-order valence-corrected chi connectivity index (χ2v) is 13.5. The van der Waals surface area contributed by atoms with Crippen molar-refractivity contribution in [1.82, 2.24) is 19.9 Å². The summed E-state index contributed by atoms with van der Waals surface area (Å²) in [5.74, 6) is 3.93. The Morgan fingerprint density at radius 3 is 1.73 bits per heavy atom. The molecule has 7 nitrogen and oxygen atoms in total. The molecule has 1 saturated carbocycles. The third-order valence-electron chi connectivity index (χ3n) is 8.11. The van der Waals surface area contributed by atoms with Gasteiger partial charge >= 0.3 is 0 Å². The van der Waals surface area contributed by atoms with Crippen LogP contribution in [0, 0.1) is 0 Å². The van der Waals surface area contributed by atoms with Crippen LogP contribution in [0.4, 0.5) is 5.95 Å². The maximum atomic E-state index is 5.90. The van der Waals surface area contributed by atoms with Crippen molar-refractivity contribution in [2.45, 2.75) is 73.3 Å². The number of aryl methyl sites for hydroxylation is 1. The number of thioether (sulfide) groups is 2. The predicted molar refractivity (Wildman–Crippen MR) is 185 cm³/mol. The Morgan fingerprint density at radius 1 is 0.659 bits per heavy atom. The topological polar surface area (TPSA) is 116 Å². The van der Waals surface area contributed by atoms with Gasteiger partial charge in [-0.1, -0.05) is 80.9 Å².